The van der Waals surface area contributed by atoms with Crippen LogP contribution in [0.25, 0.3) is 0 Å². The molecule has 2 aromatic rings. The number of carboxylic acid groups (broad SMARTS) is 1. The fourth-order valence-electron chi connectivity index (χ4n) is 5.68. The van der Waals surface area contributed by atoms with Crippen LogP contribution in [0.5, 0.6) is 0 Å². The molecule has 2 fully saturated rings. The van der Waals surface area contributed by atoms with Crippen LogP contribution in [0, 0.1) is 5.82 Å². The number of nitrogens with zero attached hydrogens (tertiary/aromatic N) is 2. The molecule has 0 aliphatic carbocycles. The fourth-order valence-corrected chi connectivity index (χ4v) is 6.00. The molecule has 2 aliphatic heterocycles. The van der Waals surface area contributed by atoms with E-state index in [2.05, 4.69) is 20.9 Å². The zero-order chi connectivity index (χ0) is 35.6. The number of rotatable bonds is 10. The van der Waals surface area contributed by atoms with E-state index < -0.39 is 24.2 Å². The summed E-state index contributed by atoms with van der Waals surface area (Å²) in [6.45, 7) is 4.18. The van der Waals surface area contributed by atoms with Crippen molar-refractivity contribution >= 4 is 46.9 Å². The predicted molar refractivity (Wildman–Crippen MR) is 172 cm³/mol. The highest BCUT2D eigenvalue weighted by molar-refractivity contribution is 6.42. The Hall–Kier alpha value is -3.46. The molecule has 10 nitrogen and oxygen atoms in total. The third-order valence-electron chi connectivity index (χ3n) is 8.26. The van der Waals surface area contributed by atoms with Crippen LogP contribution in [0.15, 0.2) is 42.5 Å². The quantitative estimate of drug-likeness (QED) is 0.275. The zero-order valence-corrected chi connectivity index (χ0v) is 28.0. The number of alkyl halides is 3. The van der Waals surface area contributed by atoms with E-state index in [9.17, 15) is 31.9 Å². The van der Waals surface area contributed by atoms with Crippen LogP contribution in [-0.4, -0.2) is 102 Å². The molecule has 0 bridgehead atoms. The SMILES string of the molecule is CCC1CN(C(Cc2ccc(Cl)c(Cl)c2)C(=O)NC)CCN1C(=O)C(Cc1ccc(F)cc1)NC(=O)C1CCCN1.O=C(O)C(F)(F)F. The highest BCUT2D eigenvalue weighted by Crippen LogP contribution is 2.25. The van der Waals surface area contributed by atoms with Gasteiger partial charge >= 0.3 is 12.1 Å². The zero-order valence-electron chi connectivity index (χ0n) is 26.5. The maximum atomic E-state index is 14.0. The van der Waals surface area contributed by atoms with E-state index in [1.807, 2.05) is 17.9 Å². The van der Waals surface area contributed by atoms with Crippen LogP contribution in [0.4, 0.5) is 17.6 Å². The van der Waals surface area contributed by atoms with Gasteiger partial charge in [0.15, 0.2) is 0 Å². The average molecular weight is 721 g/mol. The standard InChI is InChI=1S/C30H38Cl2FN5O3.C2HF3O2/c1-3-22-18-37(27(29(40)34-2)17-20-8-11-23(31)24(32)15-20)13-14-38(22)30(41)26(16-19-6-9-21(33)10-7-19)36-28(39)25-5-4-12-35-25;3-2(4,5)1(6)7/h6-11,15,22,25-27,35H,3-5,12-14,16-18H2,1-2H3,(H,34,40)(H,36,39);(H,6,7). The lowest BCUT2D eigenvalue weighted by atomic mass is 9.98. The topological polar surface area (TPSA) is 131 Å². The van der Waals surface area contributed by atoms with Crippen LogP contribution < -0.4 is 16.0 Å². The van der Waals surface area contributed by atoms with Crippen molar-refractivity contribution in [1.82, 2.24) is 25.8 Å². The average Bonchev–Trinajstić information content (AvgIpc) is 3.60. The van der Waals surface area contributed by atoms with E-state index in [-0.39, 0.29) is 42.0 Å². The summed E-state index contributed by atoms with van der Waals surface area (Å²) in [5.74, 6) is -3.60. The monoisotopic (exact) mass is 719 g/mol. The number of hydrogen-bond acceptors (Lipinski definition) is 6. The fraction of sp³-hybridized carbons (Fsp3) is 0.500. The summed E-state index contributed by atoms with van der Waals surface area (Å²) in [5.41, 5.74) is 1.65. The molecule has 2 saturated heterocycles. The molecule has 2 aromatic carbocycles. The van der Waals surface area contributed by atoms with Crippen LogP contribution in [0.2, 0.25) is 10.0 Å². The molecule has 4 unspecified atom stereocenters. The number of halogens is 6. The van der Waals surface area contributed by atoms with Gasteiger partial charge in [-0.1, -0.05) is 48.3 Å². The molecule has 4 rings (SSSR count). The van der Waals surface area contributed by atoms with Gasteiger partial charge in [-0.15, -0.1) is 0 Å². The Morgan fingerprint density at radius 3 is 2.21 bits per heavy atom. The molecule has 264 valence electrons. The minimum Gasteiger partial charge on any atom is -0.475 e. The molecule has 16 heteroatoms. The highest BCUT2D eigenvalue weighted by Gasteiger charge is 2.39. The van der Waals surface area contributed by atoms with E-state index >= 15 is 0 Å². The number of carboxylic acids is 1. The van der Waals surface area contributed by atoms with E-state index in [0.717, 1.165) is 30.5 Å². The molecule has 2 aliphatic rings. The van der Waals surface area contributed by atoms with Gasteiger partial charge in [-0.2, -0.15) is 13.2 Å². The molecule has 4 N–H and O–H groups in total. The summed E-state index contributed by atoms with van der Waals surface area (Å²) in [6.07, 6.45) is -2.08. The van der Waals surface area contributed by atoms with Crippen molar-refractivity contribution in [1.29, 1.82) is 0 Å². The van der Waals surface area contributed by atoms with Gasteiger partial charge in [-0.3, -0.25) is 19.3 Å². The smallest absolute Gasteiger partial charge is 0.475 e. The summed E-state index contributed by atoms with van der Waals surface area (Å²) in [5, 5.41) is 17.0. The molecule has 48 heavy (non-hydrogen) atoms. The number of aliphatic carboxylic acids is 1. The Kier molecular flexibility index (Phi) is 14.5. The lowest BCUT2D eigenvalue weighted by Gasteiger charge is -2.45. The number of hydrogen-bond donors (Lipinski definition) is 4. The van der Waals surface area contributed by atoms with Crippen LogP contribution >= 0.6 is 23.2 Å². The molecule has 4 atom stereocenters. The first kappa shape index (κ1) is 39.0. The first-order valence-electron chi connectivity index (χ1n) is 15.4. The molecule has 0 spiro atoms. The first-order chi connectivity index (χ1) is 22.6. The Morgan fingerprint density at radius 2 is 1.67 bits per heavy atom. The minimum atomic E-state index is -5.08. The molecule has 0 radical (unpaired) electrons. The second kappa shape index (κ2) is 17.8. The second-order valence-electron chi connectivity index (χ2n) is 11.5. The van der Waals surface area contributed by atoms with Crippen molar-refractivity contribution in [3.05, 3.63) is 69.5 Å². The maximum absolute atomic E-state index is 14.0. The predicted octanol–water partition coefficient (Wildman–Crippen LogP) is 3.83. The maximum Gasteiger partial charge on any atom is 0.490 e. The van der Waals surface area contributed by atoms with E-state index in [0.29, 0.717) is 42.5 Å². The van der Waals surface area contributed by atoms with Gasteiger partial charge in [0.05, 0.1) is 22.1 Å². The molecule has 0 aromatic heterocycles. The lowest BCUT2D eigenvalue weighted by Crippen LogP contribution is -2.63. The van der Waals surface area contributed by atoms with Crippen molar-refractivity contribution in [2.75, 3.05) is 33.2 Å². The largest absolute Gasteiger partial charge is 0.490 e. The summed E-state index contributed by atoms with van der Waals surface area (Å²) in [7, 11) is 1.61. The number of piperazine rings is 1. The number of carbonyl (C=O) groups excluding carboxylic acids is 3. The van der Waals surface area contributed by atoms with Gasteiger partial charge in [0.25, 0.3) is 0 Å². The third-order valence-corrected chi connectivity index (χ3v) is 9.00. The van der Waals surface area contributed by atoms with E-state index in [4.69, 9.17) is 33.1 Å². The Balaban J connectivity index is 0.000000804. The third kappa shape index (κ3) is 11.0. The van der Waals surface area contributed by atoms with Crippen molar-refractivity contribution in [2.24, 2.45) is 0 Å². The normalized spacial score (nSPS) is 19.5. The van der Waals surface area contributed by atoms with E-state index in [1.165, 1.54) is 12.1 Å². The molecule has 3 amide bonds. The van der Waals surface area contributed by atoms with Gasteiger partial charge in [0, 0.05) is 39.1 Å². The minimum absolute atomic E-state index is 0.115. The molecular weight excluding hydrogens is 681 g/mol. The van der Waals surface area contributed by atoms with E-state index in [1.54, 1.807) is 31.3 Å². The van der Waals surface area contributed by atoms with Crippen molar-refractivity contribution < 1.29 is 41.8 Å². The Morgan fingerprint density at radius 1 is 1.02 bits per heavy atom. The Bertz CT molecular complexity index is 1430. The second-order valence-corrected chi connectivity index (χ2v) is 12.3. The highest BCUT2D eigenvalue weighted by atomic mass is 35.5. The lowest BCUT2D eigenvalue weighted by molar-refractivity contribution is -0.192. The van der Waals surface area contributed by atoms with Gasteiger partial charge < -0.3 is 26.0 Å². The number of benzene rings is 2. The molecule has 2 heterocycles. The van der Waals surface area contributed by atoms with Crippen LogP contribution in [-0.2, 0) is 32.0 Å². The summed E-state index contributed by atoms with van der Waals surface area (Å²) in [4.78, 5) is 52.9. The number of amides is 3. The van der Waals surface area contributed by atoms with Crippen LogP contribution in [0.1, 0.15) is 37.3 Å². The first-order valence-corrected chi connectivity index (χ1v) is 16.2. The summed E-state index contributed by atoms with van der Waals surface area (Å²) < 4.78 is 45.3. The number of carbonyl (C=O) groups is 4. The number of nitrogens with one attached hydrogen (secondary N) is 3. The van der Waals surface area contributed by atoms with Crippen molar-refractivity contribution in [3.63, 3.8) is 0 Å². The van der Waals surface area contributed by atoms with Crippen molar-refractivity contribution in [3.8, 4) is 0 Å². The summed E-state index contributed by atoms with van der Waals surface area (Å²) >= 11 is 12.3. The summed E-state index contributed by atoms with van der Waals surface area (Å²) in [6, 6.07) is 9.64. The van der Waals surface area contributed by atoms with Gasteiger partial charge in [0.1, 0.15) is 11.9 Å². The van der Waals surface area contributed by atoms with Gasteiger partial charge in [-0.25, -0.2) is 9.18 Å². The molecule has 0 saturated carbocycles. The van der Waals surface area contributed by atoms with Gasteiger partial charge in [-0.05, 0) is 67.6 Å². The van der Waals surface area contributed by atoms with Crippen LogP contribution in [0.3, 0.4) is 0 Å². The van der Waals surface area contributed by atoms with Crippen molar-refractivity contribution in [2.45, 2.75) is 69.4 Å². The number of likely N-dealkylation sites (N-methyl/N-ethyl adjacent to an activating group) is 1. The Labute approximate surface area is 286 Å². The van der Waals surface area contributed by atoms with Gasteiger partial charge in [0.2, 0.25) is 17.7 Å². The molecular formula is C32H39Cl2F4N5O5.